The van der Waals surface area contributed by atoms with E-state index in [0.29, 0.717) is 16.1 Å². The number of aromatic nitrogens is 1. The monoisotopic (exact) mass is 308 g/mol. The van der Waals surface area contributed by atoms with Crippen LogP contribution < -0.4 is 4.74 Å². The third-order valence-corrected chi connectivity index (χ3v) is 2.99. The quantitative estimate of drug-likeness (QED) is 0.772. The summed E-state index contributed by atoms with van der Waals surface area (Å²) in [6, 6.07) is 4.72. The maximum atomic E-state index is 12.3. The fourth-order valence-electron chi connectivity index (χ4n) is 1.61. The number of aryl methyl sites for hydroxylation is 1. The minimum absolute atomic E-state index is 0.00986. The van der Waals surface area contributed by atoms with Gasteiger partial charge in [-0.15, -0.1) is 0 Å². The van der Waals surface area contributed by atoms with E-state index in [-0.39, 0.29) is 16.3 Å². The van der Waals surface area contributed by atoms with Crippen LogP contribution in [0.2, 0.25) is 10.0 Å². The molecule has 2 nitrogen and oxygen atoms in total. The lowest BCUT2D eigenvalue weighted by Gasteiger charge is -2.17. The van der Waals surface area contributed by atoms with Crippen molar-refractivity contribution in [2.75, 3.05) is 6.51 Å². The fourth-order valence-corrected chi connectivity index (χ4v) is 2.18. The van der Waals surface area contributed by atoms with E-state index in [9.17, 15) is 12.9 Å². The smallest absolute Gasteiger partial charge is 0.515 e. The van der Waals surface area contributed by atoms with E-state index in [2.05, 4.69) is 4.98 Å². The van der Waals surface area contributed by atoms with Gasteiger partial charge in [0.2, 0.25) is 0 Å². The summed E-state index contributed by atoms with van der Waals surface area (Å²) < 4.78 is 41.6. The van der Waals surface area contributed by atoms with Crippen LogP contribution in [0.25, 0.3) is 10.9 Å². The highest BCUT2D eigenvalue weighted by atomic mass is 35.5. The number of hydrogen-bond acceptors (Lipinski definition) is 2. The van der Waals surface area contributed by atoms with Crippen LogP contribution in [0.1, 0.15) is 5.69 Å². The van der Waals surface area contributed by atoms with Crippen molar-refractivity contribution >= 4 is 41.1 Å². The standard InChI is InChI=1S/C11H8BCl2F3NO/c1-6-2-3-7-8(13)4-9(14)11(10(7)18-6)19-5-12(15,16)17/h2-4H,5H2,1H3/q-1. The van der Waals surface area contributed by atoms with Crippen molar-refractivity contribution in [2.45, 2.75) is 6.92 Å². The summed E-state index contributed by atoms with van der Waals surface area (Å²) in [5.41, 5.74) is 0.866. The van der Waals surface area contributed by atoms with Crippen LogP contribution in [0.4, 0.5) is 12.9 Å². The highest BCUT2D eigenvalue weighted by molar-refractivity contribution is 6.58. The van der Waals surface area contributed by atoms with Crippen LogP contribution in [0, 0.1) is 6.92 Å². The molecule has 0 saturated heterocycles. The minimum atomic E-state index is -5.06. The van der Waals surface area contributed by atoms with Gasteiger partial charge in [0.15, 0.2) is 5.75 Å². The van der Waals surface area contributed by atoms with Gasteiger partial charge in [-0.2, -0.15) is 0 Å². The van der Waals surface area contributed by atoms with Crippen molar-refractivity contribution in [3.05, 3.63) is 33.9 Å². The van der Waals surface area contributed by atoms with E-state index in [4.69, 9.17) is 27.9 Å². The van der Waals surface area contributed by atoms with Gasteiger partial charge in [0.05, 0.1) is 16.6 Å². The maximum Gasteiger partial charge on any atom is 0.515 e. The van der Waals surface area contributed by atoms with Gasteiger partial charge in [-0.25, -0.2) is 4.98 Å². The second-order valence-electron chi connectivity index (χ2n) is 4.04. The van der Waals surface area contributed by atoms with Crippen molar-refractivity contribution in [1.29, 1.82) is 0 Å². The molecule has 1 heterocycles. The van der Waals surface area contributed by atoms with E-state index < -0.39 is 13.5 Å². The van der Waals surface area contributed by atoms with Gasteiger partial charge in [-0.1, -0.05) is 23.2 Å². The molecule has 19 heavy (non-hydrogen) atoms. The highest BCUT2D eigenvalue weighted by Crippen LogP contribution is 2.37. The van der Waals surface area contributed by atoms with Gasteiger partial charge >= 0.3 is 6.98 Å². The summed E-state index contributed by atoms with van der Waals surface area (Å²) in [7, 11) is 0. The summed E-state index contributed by atoms with van der Waals surface area (Å²) in [6.45, 7) is -4.72. The SMILES string of the molecule is Cc1ccc2c(Cl)cc(Cl)c(OC[B-](F)(F)F)c2n1. The van der Waals surface area contributed by atoms with Crippen molar-refractivity contribution in [2.24, 2.45) is 0 Å². The molecule has 1 aromatic carbocycles. The number of pyridine rings is 1. The first-order valence-corrected chi connectivity index (χ1v) is 6.12. The molecule has 2 rings (SSSR count). The Morgan fingerprint density at radius 1 is 1.21 bits per heavy atom. The maximum absolute atomic E-state index is 12.3. The Morgan fingerprint density at radius 2 is 1.89 bits per heavy atom. The van der Waals surface area contributed by atoms with Crippen LogP contribution in [0.3, 0.4) is 0 Å². The van der Waals surface area contributed by atoms with Gasteiger partial charge in [0.1, 0.15) is 5.52 Å². The van der Waals surface area contributed by atoms with E-state index in [1.54, 1.807) is 19.1 Å². The van der Waals surface area contributed by atoms with Crippen LogP contribution in [-0.2, 0) is 0 Å². The third kappa shape index (κ3) is 3.25. The second-order valence-corrected chi connectivity index (χ2v) is 4.85. The first kappa shape index (κ1) is 14.3. The van der Waals surface area contributed by atoms with Crippen molar-refractivity contribution in [3.8, 4) is 5.75 Å². The zero-order valence-electron chi connectivity index (χ0n) is 9.76. The van der Waals surface area contributed by atoms with Crippen molar-refractivity contribution in [1.82, 2.24) is 4.98 Å². The molecule has 0 aliphatic rings. The molecule has 0 saturated carbocycles. The molecule has 0 spiro atoms. The number of hydrogen-bond donors (Lipinski definition) is 0. The van der Waals surface area contributed by atoms with Gasteiger partial charge in [-0.3, -0.25) is 0 Å². The molecule has 0 fully saturated rings. The molecule has 0 N–H and O–H groups in total. The van der Waals surface area contributed by atoms with E-state index in [1.807, 2.05) is 0 Å². The predicted molar refractivity (Wildman–Crippen MR) is 71.1 cm³/mol. The lowest BCUT2D eigenvalue weighted by atomic mass is 9.95. The number of ether oxygens (including phenoxy) is 1. The van der Waals surface area contributed by atoms with Crippen LogP contribution in [0.5, 0.6) is 5.75 Å². The number of nitrogens with zero attached hydrogens (tertiary/aromatic N) is 1. The summed E-state index contributed by atoms with van der Waals surface area (Å²) in [4.78, 5) is 4.14. The molecule has 0 atom stereocenters. The molecular weight excluding hydrogens is 301 g/mol. The zero-order chi connectivity index (χ0) is 14.2. The van der Waals surface area contributed by atoms with Crippen LogP contribution >= 0.6 is 23.2 Å². The second kappa shape index (κ2) is 5.09. The number of halogens is 5. The number of fused-ring (bicyclic) bond motifs is 1. The number of rotatable bonds is 3. The zero-order valence-corrected chi connectivity index (χ0v) is 11.3. The van der Waals surface area contributed by atoms with Gasteiger partial charge in [-0.05, 0) is 25.1 Å². The Morgan fingerprint density at radius 3 is 2.53 bits per heavy atom. The van der Waals surface area contributed by atoms with Crippen LogP contribution in [0.15, 0.2) is 18.2 Å². The van der Waals surface area contributed by atoms with E-state index in [0.717, 1.165) is 0 Å². The Labute approximate surface area is 117 Å². The largest absolute Gasteiger partial charge is 0.519 e. The Hall–Kier alpha value is -1.14. The van der Waals surface area contributed by atoms with Gasteiger partial charge in [0, 0.05) is 11.1 Å². The molecule has 2 aromatic rings. The van der Waals surface area contributed by atoms with Crippen molar-refractivity contribution in [3.63, 3.8) is 0 Å². The average Bonchev–Trinajstić information content (AvgIpc) is 2.26. The van der Waals surface area contributed by atoms with E-state index >= 15 is 0 Å². The first-order chi connectivity index (χ1) is 8.78. The molecule has 8 heteroatoms. The first-order valence-electron chi connectivity index (χ1n) is 5.37. The number of benzene rings is 1. The molecule has 0 aliphatic carbocycles. The van der Waals surface area contributed by atoms with Crippen molar-refractivity contribution < 1.29 is 17.7 Å². The lowest BCUT2D eigenvalue weighted by molar-refractivity contribution is 0.316. The predicted octanol–water partition coefficient (Wildman–Crippen LogP) is 4.62. The Balaban J connectivity index is 2.55. The summed E-state index contributed by atoms with van der Waals surface area (Å²) in [5.74, 6) is -0.0935. The molecule has 0 aliphatic heterocycles. The highest BCUT2D eigenvalue weighted by Gasteiger charge is 2.25. The average molecular weight is 309 g/mol. The summed E-state index contributed by atoms with van der Waals surface area (Å²) >= 11 is 11.9. The van der Waals surface area contributed by atoms with E-state index in [1.165, 1.54) is 6.07 Å². The Kier molecular flexibility index (Phi) is 3.83. The minimum Gasteiger partial charge on any atom is -0.519 e. The van der Waals surface area contributed by atoms with Crippen LogP contribution in [-0.4, -0.2) is 18.5 Å². The molecule has 0 amide bonds. The topological polar surface area (TPSA) is 22.1 Å². The molecule has 0 unspecified atom stereocenters. The molecule has 0 bridgehead atoms. The molecule has 0 radical (unpaired) electrons. The third-order valence-electron chi connectivity index (χ3n) is 2.39. The van der Waals surface area contributed by atoms with Gasteiger partial charge in [0.25, 0.3) is 0 Å². The lowest BCUT2D eigenvalue weighted by Crippen LogP contribution is -2.26. The normalized spacial score (nSPS) is 11.9. The Bertz CT molecular complexity index is 633. The summed E-state index contributed by atoms with van der Waals surface area (Å²) in [5, 5.41) is 0.828. The summed E-state index contributed by atoms with van der Waals surface area (Å²) in [6.07, 6.45) is 0. The molecule has 1 aromatic heterocycles. The van der Waals surface area contributed by atoms with Gasteiger partial charge < -0.3 is 17.7 Å². The molecular formula is C11H8BCl2F3NO-. The fraction of sp³-hybridized carbons (Fsp3) is 0.182. The molecule has 102 valence electrons.